The predicted octanol–water partition coefficient (Wildman–Crippen LogP) is 6.69. The molecule has 0 saturated heterocycles. The van der Waals surface area contributed by atoms with E-state index in [0.29, 0.717) is 30.4 Å². The Kier molecular flexibility index (Phi) is 9.11. The van der Waals surface area contributed by atoms with Gasteiger partial charge in [-0.3, -0.25) is 4.79 Å². The Morgan fingerprint density at radius 2 is 1.57 bits per heavy atom. The highest BCUT2D eigenvalue weighted by atomic mass is 16.5. The fourth-order valence-corrected chi connectivity index (χ4v) is 6.21. The third-order valence-electron chi connectivity index (χ3n) is 8.46. The van der Waals surface area contributed by atoms with E-state index in [0.717, 1.165) is 52.6 Å². The van der Waals surface area contributed by atoms with Gasteiger partial charge in [0.15, 0.2) is 5.78 Å². The minimum atomic E-state index is -0.486. The molecule has 1 heterocycles. The van der Waals surface area contributed by atoms with Crippen molar-refractivity contribution in [2.45, 2.75) is 51.9 Å². The first kappa shape index (κ1) is 29.2. The summed E-state index contributed by atoms with van der Waals surface area (Å²) in [6.45, 7) is 8.26. The number of allylic oxidation sites excluding steroid dienone is 3. The van der Waals surface area contributed by atoms with Crippen LogP contribution in [0, 0.1) is 0 Å². The van der Waals surface area contributed by atoms with E-state index >= 15 is 0 Å². The average molecular weight is 565 g/mol. The summed E-state index contributed by atoms with van der Waals surface area (Å²) in [6, 6.07) is 26.2. The maximum Gasteiger partial charge on any atom is 0.336 e. The number of ether oxygens (including phenoxy) is 2. The minimum absolute atomic E-state index is 0.0486. The third-order valence-corrected chi connectivity index (χ3v) is 8.46. The standard InChI is InChI=1S/C36H40N2O4/c1-5-38(6-2)29-16-12-27(13-17-29)34-33(36(40)42-21-20-25-10-8-7-9-11-25)24(3)37-31-22-28(23-32(39)35(31)34)26-14-18-30(41-4)19-15-26/h7-19,28,34,37H,5-6,20-23H2,1-4H3/t28-,34-/m0/s1. The highest BCUT2D eigenvalue weighted by Gasteiger charge is 2.41. The van der Waals surface area contributed by atoms with Gasteiger partial charge in [-0.15, -0.1) is 0 Å². The molecule has 1 aliphatic carbocycles. The summed E-state index contributed by atoms with van der Waals surface area (Å²) in [5.74, 6) is 0.0296. The molecule has 3 aromatic carbocycles. The van der Waals surface area contributed by atoms with E-state index in [1.807, 2.05) is 61.5 Å². The van der Waals surface area contributed by atoms with Gasteiger partial charge >= 0.3 is 5.97 Å². The molecule has 6 heteroatoms. The first-order valence-electron chi connectivity index (χ1n) is 14.9. The lowest BCUT2D eigenvalue weighted by molar-refractivity contribution is -0.139. The van der Waals surface area contributed by atoms with Crippen molar-refractivity contribution in [3.05, 3.63) is 118 Å². The zero-order valence-electron chi connectivity index (χ0n) is 25.0. The maximum atomic E-state index is 14.0. The van der Waals surface area contributed by atoms with Crippen molar-refractivity contribution in [1.29, 1.82) is 0 Å². The zero-order chi connectivity index (χ0) is 29.6. The Morgan fingerprint density at radius 1 is 0.905 bits per heavy atom. The highest BCUT2D eigenvalue weighted by molar-refractivity contribution is 6.04. The molecule has 3 aromatic rings. The number of Topliss-reactive ketones (excluding diaryl/α,β-unsaturated/α-hetero) is 1. The molecule has 0 spiro atoms. The zero-order valence-corrected chi connectivity index (χ0v) is 25.0. The van der Waals surface area contributed by atoms with Crippen LogP contribution in [0.25, 0.3) is 0 Å². The van der Waals surface area contributed by atoms with E-state index in [2.05, 4.69) is 48.3 Å². The molecule has 2 aliphatic rings. The SMILES string of the molecule is CCN(CC)c1ccc([C@H]2C(C(=O)OCCc3ccccc3)=C(C)NC3=C2C(=O)C[C@@H](c2ccc(OC)cc2)C3)cc1. The second-order valence-electron chi connectivity index (χ2n) is 10.9. The monoisotopic (exact) mass is 564 g/mol. The van der Waals surface area contributed by atoms with Gasteiger partial charge in [-0.2, -0.15) is 0 Å². The van der Waals surface area contributed by atoms with Crippen LogP contribution >= 0.6 is 0 Å². The van der Waals surface area contributed by atoms with Crippen LogP contribution in [0.1, 0.15) is 62.1 Å². The summed E-state index contributed by atoms with van der Waals surface area (Å²) in [5.41, 5.74) is 7.07. The number of hydrogen-bond donors (Lipinski definition) is 1. The first-order chi connectivity index (χ1) is 20.4. The number of rotatable bonds is 10. The maximum absolute atomic E-state index is 14.0. The third kappa shape index (κ3) is 6.13. The average Bonchev–Trinajstić information content (AvgIpc) is 3.01. The lowest BCUT2D eigenvalue weighted by Crippen LogP contribution is -2.36. The molecule has 218 valence electrons. The number of anilines is 1. The summed E-state index contributed by atoms with van der Waals surface area (Å²) in [4.78, 5) is 29.9. The predicted molar refractivity (Wildman–Crippen MR) is 167 cm³/mol. The van der Waals surface area contributed by atoms with Crippen LogP contribution in [-0.2, 0) is 20.7 Å². The van der Waals surface area contributed by atoms with E-state index in [9.17, 15) is 9.59 Å². The number of nitrogens with one attached hydrogen (secondary N) is 1. The van der Waals surface area contributed by atoms with E-state index in [-0.39, 0.29) is 24.3 Å². The quantitative estimate of drug-likeness (QED) is 0.277. The van der Waals surface area contributed by atoms with Crippen LogP contribution in [0.5, 0.6) is 5.75 Å². The molecular formula is C36H40N2O4. The van der Waals surface area contributed by atoms with Gasteiger partial charge in [-0.25, -0.2) is 4.79 Å². The highest BCUT2D eigenvalue weighted by Crippen LogP contribution is 2.46. The second kappa shape index (κ2) is 13.1. The Balaban J connectivity index is 1.47. The van der Waals surface area contributed by atoms with E-state index in [1.165, 1.54) is 0 Å². The van der Waals surface area contributed by atoms with Crippen molar-refractivity contribution >= 4 is 17.4 Å². The number of carbonyl (C=O) groups excluding carboxylic acids is 2. The van der Waals surface area contributed by atoms with E-state index in [1.54, 1.807) is 7.11 Å². The fourth-order valence-electron chi connectivity index (χ4n) is 6.21. The van der Waals surface area contributed by atoms with Gasteiger partial charge in [-0.1, -0.05) is 54.6 Å². The summed E-state index contributed by atoms with van der Waals surface area (Å²) < 4.78 is 11.2. The van der Waals surface area contributed by atoms with Crippen LogP contribution in [0.3, 0.4) is 0 Å². The molecule has 0 aromatic heterocycles. The summed E-state index contributed by atoms with van der Waals surface area (Å²) in [5, 5.41) is 3.46. The summed E-state index contributed by atoms with van der Waals surface area (Å²) in [7, 11) is 1.65. The van der Waals surface area contributed by atoms with Gasteiger partial charge in [0.2, 0.25) is 0 Å². The smallest absolute Gasteiger partial charge is 0.336 e. The van der Waals surface area contributed by atoms with Gasteiger partial charge in [0, 0.05) is 54.5 Å². The first-order valence-corrected chi connectivity index (χ1v) is 14.9. The van der Waals surface area contributed by atoms with Gasteiger partial charge in [0.05, 0.1) is 19.3 Å². The van der Waals surface area contributed by atoms with Gasteiger partial charge < -0.3 is 19.7 Å². The second-order valence-corrected chi connectivity index (χ2v) is 10.9. The van der Waals surface area contributed by atoms with Gasteiger partial charge in [-0.05, 0) is 74.1 Å². The number of dihydropyridines is 1. The number of methoxy groups -OCH3 is 1. The summed E-state index contributed by atoms with van der Waals surface area (Å²) in [6.07, 6.45) is 1.71. The molecule has 1 N–H and O–H groups in total. The Hall–Kier alpha value is -4.32. The van der Waals surface area contributed by atoms with Crippen molar-refractivity contribution < 1.29 is 19.1 Å². The normalized spacial score (nSPS) is 18.3. The van der Waals surface area contributed by atoms with Crippen molar-refractivity contribution in [3.8, 4) is 5.75 Å². The van der Waals surface area contributed by atoms with Crippen LogP contribution in [0.4, 0.5) is 5.69 Å². The lowest BCUT2D eigenvalue weighted by atomic mass is 9.71. The molecule has 5 rings (SSSR count). The number of nitrogens with zero attached hydrogens (tertiary/aromatic N) is 1. The van der Waals surface area contributed by atoms with Crippen molar-refractivity contribution in [2.24, 2.45) is 0 Å². The Morgan fingerprint density at radius 3 is 2.21 bits per heavy atom. The van der Waals surface area contributed by atoms with Crippen LogP contribution in [0.2, 0.25) is 0 Å². The molecule has 0 unspecified atom stereocenters. The number of esters is 1. The van der Waals surface area contributed by atoms with Gasteiger partial charge in [0.1, 0.15) is 5.75 Å². The molecular weight excluding hydrogens is 524 g/mol. The van der Waals surface area contributed by atoms with Crippen LogP contribution < -0.4 is 15.0 Å². The van der Waals surface area contributed by atoms with Gasteiger partial charge in [0.25, 0.3) is 0 Å². The molecule has 0 saturated carbocycles. The van der Waals surface area contributed by atoms with Crippen molar-refractivity contribution in [2.75, 3.05) is 31.7 Å². The molecule has 1 aliphatic heterocycles. The van der Waals surface area contributed by atoms with Crippen LogP contribution in [-0.4, -0.2) is 38.6 Å². The van der Waals surface area contributed by atoms with E-state index in [4.69, 9.17) is 9.47 Å². The van der Waals surface area contributed by atoms with Crippen molar-refractivity contribution in [3.63, 3.8) is 0 Å². The number of ketones is 1. The largest absolute Gasteiger partial charge is 0.497 e. The Labute approximate surface area is 249 Å². The number of benzene rings is 3. The number of carbonyl (C=O) groups is 2. The molecule has 42 heavy (non-hydrogen) atoms. The molecule has 2 atom stereocenters. The van der Waals surface area contributed by atoms with Crippen LogP contribution in [0.15, 0.2) is 101 Å². The number of hydrogen-bond acceptors (Lipinski definition) is 6. The van der Waals surface area contributed by atoms with Crippen molar-refractivity contribution in [1.82, 2.24) is 5.32 Å². The Bertz CT molecular complexity index is 1470. The summed E-state index contributed by atoms with van der Waals surface area (Å²) >= 11 is 0. The molecule has 0 radical (unpaired) electrons. The molecule has 6 nitrogen and oxygen atoms in total. The molecule has 0 bridgehead atoms. The fraction of sp³-hybridized carbons (Fsp3) is 0.333. The minimum Gasteiger partial charge on any atom is -0.497 e. The topological polar surface area (TPSA) is 67.9 Å². The molecule has 0 amide bonds. The lowest BCUT2D eigenvalue weighted by Gasteiger charge is -2.37. The molecule has 0 fully saturated rings. The van der Waals surface area contributed by atoms with E-state index < -0.39 is 5.92 Å².